The first kappa shape index (κ1) is 20.6. The van der Waals surface area contributed by atoms with E-state index in [1.165, 1.54) is 17.0 Å². The van der Waals surface area contributed by atoms with Crippen molar-refractivity contribution >= 4 is 17.5 Å². The zero-order valence-electron chi connectivity index (χ0n) is 16.1. The maximum absolute atomic E-state index is 12.7. The van der Waals surface area contributed by atoms with E-state index >= 15 is 0 Å². The lowest BCUT2D eigenvalue weighted by Crippen LogP contribution is -2.43. The van der Waals surface area contributed by atoms with Crippen molar-refractivity contribution in [2.75, 3.05) is 6.54 Å². The molecule has 7 heteroatoms. The van der Waals surface area contributed by atoms with Crippen molar-refractivity contribution in [3.05, 3.63) is 104 Å². The average Bonchev–Trinajstić information content (AvgIpc) is 2.74. The molecule has 0 aliphatic rings. The van der Waals surface area contributed by atoms with Gasteiger partial charge in [0.15, 0.2) is 0 Å². The molecule has 0 aliphatic heterocycles. The van der Waals surface area contributed by atoms with E-state index < -0.39 is 11.1 Å². The van der Waals surface area contributed by atoms with Gasteiger partial charge in [-0.2, -0.15) is 0 Å². The molecule has 3 aromatic rings. The van der Waals surface area contributed by atoms with E-state index in [1.807, 2.05) is 37.3 Å². The van der Waals surface area contributed by atoms with Crippen LogP contribution in [0.15, 0.2) is 76.6 Å². The molecular weight excluding hydrogens is 390 g/mol. The summed E-state index contributed by atoms with van der Waals surface area (Å²) >= 11 is 5.87. The smallest absolute Gasteiger partial charge is 0.316 e. The Morgan fingerprint density at radius 3 is 2.17 bits per heavy atom. The second-order valence-electron chi connectivity index (χ2n) is 6.68. The Morgan fingerprint density at radius 2 is 1.52 bits per heavy atom. The standard InChI is InChI=1S/C22H22ClN3O3/c1-2-24(14-17-6-4-3-5-7-17)20(27)16-26-13-12-25(21(28)22(26)29)15-18-8-10-19(23)11-9-18/h3-13H,2,14-16H2,1H3. The summed E-state index contributed by atoms with van der Waals surface area (Å²) in [7, 11) is 0. The number of carbonyl (C=O) groups excluding carboxylic acids is 1. The molecule has 1 heterocycles. The maximum Gasteiger partial charge on any atom is 0.316 e. The van der Waals surface area contributed by atoms with Crippen LogP contribution in [-0.2, 0) is 24.4 Å². The van der Waals surface area contributed by atoms with Crippen LogP contribution >= 0.6 is 11.6 Å². The number of aromatic nitrogens is 2. The van der Waals surface area contributed by atoms with Crippen molar-refractivity contribution in [3.63, 3.8) is 0 Å². The zero-order chi connectivity index (χ0) is 20.8. The number of benzene rings is 2. The topological polar surface area (TPSA) is 64.3 Å². The summed E-state index contributed by atoms with van der Waals surface area (Å²) < 4.78 is 2.49. The molecule has 6 nitrogen and oxygen atoms in total. The first-order chi connectivity index (χ1) is 14.0. The second kappa shape index (κ2) is 9.39. The van der Waals surface area contributed by atoms with E-state index in [-0.39, 0.29) is 19.0 Å². The molecule has 0 saturated carbocycles. The van der Waals surface area contributed by atoms with E-state index in [0.717, 1.165) is 15.7 Å². The highest BCUT2D eigenvalue weighted by atomic mass is 35.5. The molecule has 0 N–H and O–H groups in total. The fourth-order valence-electron chi connectivity index (χ4n) is 3.00. The Labute approximate surface area is 173 Å². The van der Waals surface area contributed by atoms with Gasteiger partial charge in [-0.25, -0.2) is 0 Å². The monoisotopic (exact) mass is 411 g/mol. The van der Waals surface area contributed by atoms with Gasteiger partial charge < -0.3 is 9.47 Å². The molecule has 0 unspecified atom stereocenters. The molecule has 0 aliphatic carbocycles. The molecule has 0 spiro atoms. The summed E-state index contributed by atoms with van der Waals surface area (Å²) in [5, 5.41) is 0.603. The van der Waals surface area contributed by atoms with Crippen molar-refractivity contribution in [3.8, 4) is 0 Å². The first-order valence-corrected chi connectivity index (χ1v) is 9.71. The van der Waals surface area contributed by atoms with Gasteiger partial charge in [0.1, 0.15) is 6.54 Å². The zero-order valence-corrected chi connectivity index (χ0v) is 16.9. The number of hydrogen-bond acceptors (Lipinski definition) is 3. The summed E-state index contributed by atoms with van der Waals surface area (Å²) in [6.45, 7) is 2.94. The van der Waals surface area contributed by atoms with Crippen LogP contribution in [0.2, 0.25) is 5.02 Å². The molecular formula is C22H22ClN3O3. The Balaban J connectivity index is 1.74. The molecule has 1 amide bonds. The first-order valence-electron chi connectivity index (χ1n) is 9.34. The van der Waals surface area contributed by atoms with Crippen molar-refractivity contribution in [1.82, 2.24) is 14.0 Å². The van der Waals surface area contributed by atoms with Crippen LogP contribution in [0.4, 0.5) is 0 Å². The highest BCUT2D eigenvalue weighted by Crippen LogP contribution is 2.10. The molecule has 0 fully saturated rings. The third kappa shape index (κ3) is 5.23. The van der Waals surface area contributed by atoms with Crippen LogP contribution in [-0.4, -0.2) is 26.5 Å². The van der Waals surface area contributed by atoms with Crippen LogP contribution in [0.25, 0.3) is 0 Å². The number of nitrogens with zero attached hydrogens (tertiary/aromatic N) is 3. The predicted molar refractivity (Wildman–Crippen MR) is 113 cm³/mol. The SMILES string of the molecule is CCN(Cc1ccccc1)C(=O)Cn1ccn(Cc2ccc(Cl)cc2)c(=O)c1=O. The highest BCUT2D eigenvalue weighted by molar-refractivity contribution is 6.30. The summed E-state index contributed by atoms with van der Waals surface area (Å²) in [6, 6.07) is 16.7. The minimum absolute atomic E-state index is 0.170. The van der Waals surface area contributed by atoms with Crippen LogP contribution in [0.1, 0.15) is 18.1 Å². The van der Waals surface area contributed by atoms with Gasteiger partial charge >= 0.3 is 11.1 Å². The number of carbonyl (C=O) groups is 1. The fraction of sp³-hybridized carbons (Fsp3) is 0.227. The van der Waals surface area contributed by atoms with Crippen molar-refractivity contribution in [2.45, 2.75) is 26.6 Å². The average molecular weight is 412 g/mol. The minimum Gasteiger partial charge on any atom is -0.337 e. The Kier molecular flexibility index (Phi) is 6.67. The van der Waals surface area contributed by atoms with Gasteiger partial charge in [-0.05, 0) is 30.2 Å². The molecule has 2 aromatic carbocycles. The third-order valence-corrected chi connectivity index (χ3v) is 4.91. The summed E-state index contributed by atoms with van der Waals surface area (Å²) in [5.41, 5.74) is 0.477. The number of hydrogen-bond donors (Lipinski definition) is 0. The van der Waals surface area contributed by atoms with Gasteiger partial charge in [-0.3, -0.25) is 19.0 Å². The number of amides is 1. The van der Waals surface area contributed by atoms with Crippen molar-refractivity contribution in [1.29, 1.82) is 0 Å². The van der Waals surface area contributed by atoms with E-state index in [2.05, 4.69) is 0 Å². The van der Waals surface area contributed by atoms with E-state index in [9.17, 15) is 14.4 Å². The van der Waals surface area contributed by atoms with Crippen LogP contribution in [0, 0.1) is 0 Å². The third-order valence-electron chi connectivity index (χ3n) is 4.65. The minimum atomic E-state index is -0.717. The molecule has 0 atom stereocenters. The van der Waals surface area contributed by atoms with Gasteiger partial charge in [-0.15, -0.1) is 0 Å². The highest BCUT2D eigenvalue weighted by Gasteiger charge is 2.15. The van der Waals surface area contributed by atoms with Crippen LogP contribution in [0.5, 0.6) is 0 Å². The van der Waals surface area contributed by atoms with Gasteiger partial charge in [0.25, 0.3) is 0 Å². The largest absolute Gasteiger partial charge is 0.337 e. The van der Waals surface area contributed by atoms with Gasteiger partial charge in [0, 0.05) is 30.5 Å². The molecule has 29 heavy (non-hydrogen) atoms. The fourth-order valence-corrected chi connectivity index (χ4v) is 3.13. The van der Waals surface area contributed by atoms with E-state index in [4.69, 9.17) is 11.6 Å². The molecule has 1 aromatic heterocycles. The Morgan fingerprint density at radius 1 is 0.897 bits per heavy atom. The molecule has 0 saturated heterocycles. The normalized spacial score (nSPS) is 10.7. The predicted octanol–water partition coefficient (Wildman–Crippen LogP) is 2.76. The van der Waals surface area contributed by atoms with Crippen molar-refractivity contribution < 1.29 is 4.79 Å². The molecule has 0 bridgehead atoms. The van der Waals surface area contributed by atoms with E-state index in [1.54, 1.807) is 29.2 Å². The lowest BCUT2D eigenvalue weighted by atomic mass is 10.2. The Hall–Kier alpha value is -3.12. The quantitative estimate of drug-likeness (QED) is 0.561. The number of halogens is 1. The summed E-state index contributed by atoms with van der Waals surface area (Å²) in [4.78, 5) is 39.2. The van der Waals surface area contributed by atoms with Crippen LogP contribution < -0.4 is 11.1 Å². The van der Waals surface area contributed by atoms with Gasteiger partial charge in [0.05, 0.1) is 6.54 Å². The number of rotatable bonds is 7. The van der Waals surface area contributed by atoms with E-state index in [0.29, 0.717) is 18.1 Å². The van der Waals surface area contributed by atoms with Crippen molar-refractivity contribution in [2.24, 2.45) is 0 Å². The summed E-state index contributed by atoms with van der Waals surface area (Å²) in [5.74, 6) is -0.215. The second-order valence-corrected chi connectivity index (χ2v) is 7.12. The molecule has 150 valence electrons. The summed E-state index contributed by atoms with van der Waals surface area (Å²) in [6.07, 6.45) is 3.01. The maximum atomic E-state index is 12.7. The van der Waals surface area contributed by atoms with Crippen LogP contribution in [0.3, 0.4) is 0 Å². The van der Waals surface area contributed by atoms with Gasteiger partial charge in [0.2, 0.25) is 5.91 Å². The number of likely N-dealkylation sites (N-methyl/N-ethyl adjacent to an activating group) is 1. The molecule has 0 radical (unpaired) electrons. The lowest BCUT2D eigenvalue weighted by Gasteiger charge is -2.21. The lowest BCUT2D eigenvalue weighted by molar-refractivity contribution is -0.132. The van der Waals surface area contributed by atoms with Gasteiger partial charge in [-0.1, -0.05) is 54.1 Å². The Bertz CT molecular complexity index is 1090. The molecule has 3 rings (SSSR count).